The minimum Gasteiger partial charge on any atom is -0.392 e. The van der Waals surface area contributed by atoms with Crippen LogP contribution in [-0.2, 0) is 4.74 Å². The summed E-state index contributed by atoms with van der Waals surface area (Å²) in [6, 6.07) is 0. The number of ether oxygens (including phenoxy) is 1. The minimum atomic E-state index is -0.186. The maximum Gasteiger partial charge on any atom is 0.0954 e. The van der Waals surface area contributed by atoms with Crippen molar-refractivity contribution in [3.8, 4) is 0 Å². The summed E-state index contributed by atoms with van der Waals surface area (Å²) >= 11 is 0. The molecule has 0 radical (unpaired) electrons. The Kier molecular flexibility index (Phi) is 4.53. The molecule has 0 aromatic rings. The molecule has 2 fully saturated rings. The molecule has 124 valence electrons. The molecule has 22 heavy (non-hydrogen) atoms. The highest BCUT2D eigenvalue weighted by Crippen LogP contribution is 2.55. The number of fused-ring (bicyclic) bond motifs is 2. The molecule has 2 heteroatoms. The molecule has 3 aliphatic rings. The Labute approximate surface area is 135 Å². The number of hydrogen-bond acceptors (Lipinski definition) is 2. The lowest BCUT2D eigenvalue weighted by Crippen LogP contribution is -2.36. The quantitative estimate of drug-likeness (QED) is 0.613. The zero-order chi connectivity index (χ0) is 15.9. The summed E-state index contributed by atoms with van der Waals surface area (Å²) in [5.41, 5.74) is 2.90. The molecule has 1 N–H and O–H groups in total. The molecule has 1 saturated heterocycles. The third-order valence-electron chi connectivity index (χ3n) is 6.46. The number of rotatable bonds is 4. The van der Waals surface area contributed by atoms with Gasteiger partial charge in [-0.05, 0) is 64.7 Å². The van der Waals surface area contributed by atoms with Crippen molar-refractivity contribution in [2.75, 3.05) is 6.61 Å². The second-order valence-corrected chi connectivity index (χ2v) is 8.20. The second-order valence-electron chi connectivity index (χ2n) is 8.20. The first-order valence-electron chi connectivity index (χ1n) is 9.06. The van der Waals surface area contributed by atoms with Gasteiger partial charge in [0.05, 0.1) is 18.3 Å². The lowest BCUT2D eigenvalue weighted by molar-refractivity contribution is 0.0234. The zero-order valence-electron chi connectivity index (χ0n) is 14.6. The number of epoxide rings is 1. The Bertz CT molecular complexity index is 468. The van der Waals surface area contributed by atoms with Crippen LogP contribution < -0.4 is 0 Å². The summed E-state index contributed by atoms with van der Waals surface area (Å²) in [5, 5.41) is 11.1. The first-order valence-corrected chi connectivity index (χ1v) is 9.06. The molecule has 3 rings (SSSR count). The van der Waals surface area contributed by atoms with Gasteiger partial charge < -0.3 is 9.84 Å². The van der Waals surface area contributed by atoms with Gasteiger partial charge in [-0.3, -0.25) is 0 Å². The van der Waals surface area contributed by atoms with Crippen LogP contribution in [0.3, 0.4) is 0 Å². The van der Waals surface area contributed by atoms with E-state index in [1.165, 1.54) is 17.6 Å². The summed E-state index contributed by atoms with van der Waals surface area (Å²) in [5.74, 6) is 1.86. The van der Waals surface area contributed by atoms with Crippen LogP contribution in [0.2, 0.25) is 0 Å². The van der Waals surface area contributed by atoms with E-state index in [9.17, 15) is 5.11 Å². The topological polar surface area (TPSA) is 32.8 Å². The third kappa shape index (κ3) is 2.92. The van der Waals surface area contributed by atoms with E-state index < -0.39 is 0 Å². The molecule has 2 aliphatic carbocycles. The summed E-state index contributed by atoms with van der Waals surface area (Å²) in [6.45, 7) is 9.79. The lowest BCUT2D eigenvalue weighted by atomic mass is 9.75. The minimum absolute atomic E-state index is 0.105. The highest BCUT2D eigenvalue weighted by atomic mass is 16.6. The van der Waals surface area contributed by atoms with Gasteiger partial charge in [-0.1, -0.05) is 30.2 Å². The monoisotopic (exact) mass is 304 g/mol. The van der Waals surface area contributed by atoms with Crippen LogP contribution in [0.1, 0.15) is 59.8 Å². The normalized spacial score (nSPS) is 41.6. The number of aliphatic hydroxyl groups excluding tert-OH is 1. The van der Waals surface area contributed by atoms with Gasteiger partial charge in [0, 0.05) is 11.8 Å². The maximum atomic E-state index is 11.1. The van der Waals surface area contributed by atoms with Crippen molar-refractivity contribution in [3.63, 3.8) is 0 Å². The van der Waals surface area contributed by atoms with Crippen LogP contribution in [0.25, 0.3) is 0 Å². The van der Waals surface area contributed by atoms with E-state index in [4.69, 9.17) is 4.74 Å². The van der Waals surface area contributed by atoms with Crippen molar-refractivity contribution in [2.45, 2.75) is 71.5 Å². The van der Waals surface area contributed by atoms with Crippen LogP contribution in [-0.4, -0.2) is 23.4 Å². The second kappa shape index (κ2) is 6.13. The van der Waals surface area contributed by atoms with Gasteiger partial charge in [0.15, 0.2) is 0 Å². The molecule has 0 amide bonds. The molecule has 0 aromatic carbocycles. The highest BCUT2D eigenvalue weighted by molar-refractivity contribution is 5.22. The maximum absolute atomic E-state index is 11.1. The lowest BCUT2D eigenvalue weighted by Gasteiger charge is -2.33. The predicted octanol–water partition coefficient (Wildman–Crippen LogP) is 4.49. The van der Waals surface area contributed by atoms with Crippen molar-refractivity contribution < 1.29 is 9.84 Å². The Hall–Kier alpha value is -0.600. The van der Waals surface area contributed by atoms with Crippen molar-refractivity contribution in [1.82, 2.24) is 0 Å². The number of aliphatic hydroxyl groups is 1. The van der Waals surface area contributed by atoms with Gasteiger partial charge in [0.1, 0.15) is 0 Å². The van der Waals surface area contributed by atoms with Crippen molar-refractivity contribution >= 4 is 0 Å². The van der Waals surface area contributed by atoms with Crippen LogP contribution in [0.4, 0.5) is 0 Å². The summed E-state index contributed by atoms with van der Waals surface area (Å²) in [4.78, 5) is 0. The van der Waals surface area contributed by atoms with E-state index in [2.05, 4.69) is 39.8 Å². The van der Waals surface area contributed by atoms with Gasteiger partial charge in [0.2, 0.25) is 0 Å². The molecule has 0 aromatic heterocycles. The van der Waals surface area contributed by atoms with Gasteiger partial charge in [-0.2, -0.15) is 0 Å². The van der Waals surface area contributed by atoms with E-state index in [1.807, 2.05) is 0 Å². The van der Waals surface area contributed by atoms with Gasteiger partial charge in [0.25, 0.3) is 0 Å². The average Bonchev–Trinajstić information content (AvgIpc) is 3.15. The molecule has 1 spiro atoms. The predicted molar refractivity (Wildman–Crippen MR) is 90.6 cm³/mol. The Morgan fingerprint density at radius 1 is 1.50 bits per heavy atom. The van der Waals surface area contributed by atoms with Crippen molar-refractivity contribution in [1.29, 1.82) is 0 Å². The molecule has 1 aliphatic heterocycles. The first-order chi connectivity index (χ1) is 10.4. The van der Waals surface area contributed by atoms with Gasteiger partial charge in [-0.15, -0.1) is 0 Å². The molecule has 6 atom stereocenters. The van der Waals surface area contributed by atoms with E-state index in [0.29, 0.717) is 23.7 Å². The SMILES string of the molecule is CC(C)=CCCC(C)C1CCC2(CO2)C2CC=C(C)C2C1O. The Morgan fingerprint density at radius 3 is 2.86 bits per heavy atom. The molecule has 2 nitrogen and oxygen atoms in total. The largest absolute Gasteiger partial charge is 0.392 e. The van der Waals surface area contributed by atoms with E-state index in [0.717, 1.165) is 32.3 Å². The fraction of sp³-hybridized carbons (Fsp3) is 0.800. The average molecular weight is 304 g/mol. The standard InChI is InChI=1S/C20H32O2/c1-13(2)6-5-7-14(3)16-10-11-20(12-22-20)17-9-8-15(4)18(17)19(16)21/h6,8,14,16-19,21H,5,7,9-12H2,1-4H3. The molecule has 1 saturated carbocycles. The smallest absolute Gasteiger partial charge is 0.0954 e. The summed E-state index contributed by atoms with van der Waals surface area (Å²) in [6.07, 6.45) is 10.2. The number of hydrogen-bond donors (Lipinski definition) is 1. The van der Waals surface area contributed by atoms with Crippen molar-refractivity contribution in [2.24, 2.45) is 23.7 Å². The van der Waals surface area contributed by atoms with Crippen LogP contribution in [0, 0.1) is 23.7 Å². The van der Waals surface area contributed by atoms with Gasteiger partial charge >= 0.3 is 0 Å². The summed E-state index contributed by atoms with van der Waals surface area (Å²) in [7, 11) is 0. The van der Waals surface area contributed by atoms with Crippen molar-refractivity contribution in [3.05, 3.63) is 23.3 Å². The molecular weight excluding hydrogens is 272 g/mol. The zero-order valence-corrected chi connectivity index (χ0v) is 14.6. The van der Waals surface area contributed by atoms with Crippen LogP contribution >= 0.6 is 0 Å². The molecular formula is C20H32O2. The molecule has 1 heterocycles. The van der Waals surface area contributed by atoms with E-state index in [-0.39, 0.29) is 11.7 Å². The molecule has 6 unspecified atom stereocenters. The van der Waals surface area contributed by atoms with E-state index >= 15 is 0 Å². The Balaban J connectivity index is 1.72. The Morgan fingerprint density at radius 2 is 2.23 bits per heavy atom. The highest BCUT2D eigenvalue weighted by Gasteiger charge is 2.59. The van der Waals surface area contributed by atoms with Gasteiger partial charge in [-0.25, -0.2) is 0 Å². The fourth-order valence-corrected chi connectivity index (χ4v) is 4.92. The van der Waals surface area contributed by atoms with Crippen LogP contribution in [0.5, 0.6) is 0 Å². The summed E-state index contributed by atoms with van der Waals surface area (Å²) < 4.78 is 5.91. The van der Waals surface area contributed by atoms with Crippen LogP contribution in [0.15, 0.2) is 23.3 Å². The molecule has 0 bridgehead atoms. The fourth-order valence-electron chi connectivity index (χ4n) is 4.92. The first kappa shape index (κ1) is 16.3. The van der Waals surface area contributed by atoms with E-state index in [1.54, 1.807) is 0 Å². The number of allylic oxidation sites excluding steroid dienone is 3. The third-order valence-corrected chi connectivity index (χ3v) is 6.46.